The molecule has 1 aromatic heterocycles. The van der Waals surface area contributed by atoms with Crippen molar-refractivity contribution >= 4 is 0 Å². The number of hydrogen-bond acceptors (Lipinski definition) is 4. The maximum atomic E-state index is 5.31. The van der Waals surface area contributed by atoms with Gasteiger partial charge in [0.25, 0.3) is 0 Å². The van der Waals surface area contributed by atoms with E-state index in [1.807, 2.05) is 12.5 Å². The van der Waals surface area contributed by atoms with Crippen LogP contribution >= 0.6 is 0 Å². The van der Waals surface area contributed by atoms with Crippen LogP contribution in [0.1, 0.15) is 37.3 Å². The lowest BCUT2D eigenvalue weighted by Crippen LogP contribution is -2.18. The van der Waals surface area contributed by atoms with Gasteiger partial charge in [-0.05, 0) is 32.4 Å². The Kier molecular flexibility index (Phi) is 4.53. The summed E-state index contributed by atoms with van der Waals surface area (Å²) in [6.45, 7) is 2.17. The van der Waals surface area contributed by atoms with E-state index in [4.69, 9.17) is 9.47 Å². The van der Waals surface area contributed by atoms with Crippen molar-refractivity contribution in [1.82, 2.24) is 14.9 Å². The molecule has 0 amide bonds. The van der Waals surface area contributed by atoms with Crippen LogP contribution in [-0.4, -0.2) is 36.9 Å². The zero-order chi connectivity index (χ0) is 12.1. The largest absolute Gasteiger partial charge is 0.350 e. The fourth-order valence-electron chi connectivity index (χ4n) is 2.42. The first-order valence-corrected chi connectivity index (χ1v) is 6.15. The minimum absolute atomic E-state index is 0.325. The Hall–Kier alpha value is -0.910. The van der Waals surface area contributed by atoms with Crippen molar-refractivity contribution < 1.29 is 9.47 Å². The lowest BCUT2D eigenvalue weighted by atomic mass is 10.1. The van der Waals surface area contributed by atoms with Crippen LogP contribution in [-0.2, 0) is 9.47 Å². The van der Waals surface area contributed by atoms with Gasteiger partial charge in [0.2, 0.25) is 0 Å². The third-order valence-corrected chi connectivity index (χ3v) is 3.30. The van der Waals surface area contributed by atoms with E-state index in [1.54, 1.807) is 14.2 Å². The van der Waals surface area contributed by atoms with E-state index in [0.717, 1.165) is 25.2 Å². The third kappa shape index (κ3) is 2.86. The standard InChI is InChI=1S/C12H21N3O2/c1-16-12(17-2)11-8-14-9-15(11)10-4-3-6-13-7-5-10/h8-10,12-13H,3-7H2,1-2H3. The Labute approximate surface area is 102 Å². The average Bonchev–Trinajstić information content (AvgIpc) is 2.66. The molecule has 1 saturated heterocycles. The highest BCUT2D eigenvalue weighted by Gasteiger charge is 2.21. The molecule has 5 nitrogen and oxygen atoms in total. The van der Waals surface area contributed by atoms with Gasteiger partial charge in [0.05, 0.1) is 18.2 Å². The molecule has 5 heteroatoms. The summed E-state index contributed by atoms with van der Waals surface area (Å²) < 4.78 is 12.8. The highest BCUT2D eigenvalue weighted by molar-refractivity contribution is 5.02. The van der Waals surface area contributed by atoms with Crippen molar-refractivity contribution in [2.75, 3.05) is 27.3 Å². The molecule has 1 fully saturated rings. The second-order valence-electron chi connectivity index (χ2n) is 4.36. The maximum absolute atomic E-state index is 5.31. The van der Waals surface area contributed by atoms with Gasteiger partial charge in [-0.1, -0.05) is 0 Å². The molecule has 1 unspecified atom stereocenters. The number of methoxy groups -OCH3 is 2. The molecule has 0 saturated carbocycles. The third-order valence-electron chi connectivity index (χ3n) is 3.30. The molecule has 1 aliphatic heterocycles. The van der Waals surface area contributed by atoms with Crippen LogP contribution in [0.4, 0.5) is 0 Å². The predicted molar refractivity (Wildman–Crippen MR) is 64.7 cm³/mol. The summed E-state index contributed by atoms with van der Waals surface area (Å²) in [4.78, 5) is 4.23. The van der Waals surface area contributed by atoms with Gasteiger partial charge in [0.15, 0.2) is 6.29 Å². The number of aromatic nitrogens is 2. The average molecular weight is 239 g/mol. The highest BCUT2D eigenvalue weighted by atomic mass is 16.7. The molecular formula is C12H21N3O2. The van der Waals surface area contributed by atoms with Crippen molar-refractivity contribution in [3.63, 3.8) is 0 Å². The van der Waals surface area contributed by atoms with Gasteiger partial charge in [-0.15, -0.1) is 0 Å². The molecule has 0 bridgehead atoms. The minimum atomic E-state index is -0.325. The van der Waals surface area contributed by atoms with Crippen LogP contribution in [0.5, 0.6) is 0 Å². The van der Waals surface area contributed by atoms with Crippen molar-refractivity contribution in [2.24, 2.45) is 0 Å². The van der Waals surface area contributed by atoms with Crippen molar-refractivity contribution in [3.8, 4) is 0 Å². The van der Waals surface area contributed by atoms with E-state index in [9.17, 15) is 0 Å². The molecule has 2 heterocycles. The molecule has 2 rings (SSSR count). The van der Waals surface area contributed by atoms with Gasteiger partial charge in [0, 0.05) is 20.3 Å². The summed E-state index contributed by atoms with van der Waals surface area (Å²) in [6, 6.07) is 0.496. The van der Waals surface area contributed by atoms with Gasteiger partial charge >= 0.3 is 0 Å². The lowest BCUT2D eigenvalue weighted by molar-refractivity contribution is -0.111. The van der Waals surface area contributed by atoms with Crippen LogP contribution in [0.15, 0.2) is 12.5 Å². The lowest BCUT2D eigenvalue weighted by Gasteiger charge is -2.22. The van der Waals surface area contributed by atoms with E-state index in [1.165, 1.54) is 12.8 Å². The summed E-state index contributed by atoms with van der Waals surface area (Å²) in [5, 5.41) is 3.42. The monoisotopic (exact) mass is 239 g/mol. The van der Waals surface area contributed by atoms with Gasteiger partial charge in [-0.2, -0.15) is 0 Å². The highest BCUT2D eigenvalue weighted by Crippen LogP contribution is 2.26. The first kappa shape index (κ1) is 12.5. The van der Waals surface area contributed by atoms with Crippen molar-refractivity contribution in [3.05, 3.63) is 18.2 Å². The van der Waals surface area contributed by atoms with E-state index in [0.29, 0.717) is 6.04 Å². The van der Waals surface area contributed by atoms with E-state index in [2.05, 4.69) is 14.9 Å². The molecule has 0 aromatic carbocycles. The molecule has 0 aliphatic carbocycles. The Morgan fingerprint density at radius 3 is 2.94 bits per heavy atom. The second kappa shape index (κ2) is 6.14. The number of nitrogens with zero attached hydrogens (tertiary/aromatic N) is 2. The van der Waals surface area contributed by atoms with Gasteiger partial charge in [-0.25, -0.2) is 4.98 Å². The molecule has 1 aliphatic rings. The van der Waals surface area contributed by atoms with Crippen LogP contribution in [0, 0.1) is 0 Å². The Morgan fingerprint density at radius 2 is 2.18 bits per heavy atom. The van der Waals surface area contributed by atoms with Gasteiger partial charge < -0.3 is 19.4 Å². The smallest absolute Gasteiger partial charge is 0.200 e. The Balaban J connectivity index is 2.16. The van der Waals surface area contributed by atoms with Crippen LogP contribution < -0.4 is 5.32 Å². The van der Waals surface area contributed by atoms with E-state index < -0.39 is 0 Å². The molecule has 96 valence electrons. The molecule has 17 heavy (non-hydrogen) atoms. The molecular weight excluding hydrogens is 218 g/mol. The number of ether oxygens (including phenoxy) is 2. The Bertz CT molecular complexity index is 328. The zero-order valence-corrected chi connectivity index (χ0v) is 10.6. The molecule has 0 spiro atoms. The SMILES string of the molecule is COC(OC)c1cncn1C1CCCNCC1. The normalized spacial score (nSPS) is 21.7. The summed E-state index contributed by atoms with van der Waals surface area (Å²) in [7, 11) is 3.31. The number of nitrogens with one attached hydrogen (secondary N) is 1. The van der Waals surface area contributed by atoms with Crippen molar-refractivity contribution in [1.29, 1.82) is 0 Å². The van der Waals surface area contributed by atoms with E-state index in [-0.39, 0.29) is 6.29 Å². The van der Waals surface area contributed by atoms with Crippen LogP contribution in [0.25, 0.3) is 0 Å². The van der Waals surface area contributed by atoms with Gasteiger partial charge in [0.1, 0.15) is 0 Å². The zero-order valence-electron chi connectivity index (χ0n) is 10.6. The maximum Gasteiger partial charge on any atom is 0.200 e. The molecule has 1 N–H and O–H groups in total. The van der Waals surface area contributed by atoms with Crippen LogP contribution in [0.2, 0.25) is 0 Å². The second-order valence-corrected chi connectivity index (χ2v) is 4.36. The summed E-state index contributed by atoms with van der Waals surface area (Å²) in [5.41, 5.74) is 1.00. The number of hydrogen-bond donors (Lipinski definition) is 1. The molecule has 0 radical (unpaired) electrons. The van der Waals surface area contributed by atoms with Crippen LogP contribution in [0.3, 0.4) is 0 Å². The summed E-state index contributed by atoms with van der Waals surface area (Å²) >= 11 is 0. The summed E-state index contributed by atoms with van der Waals surface area (Å²) in [6.07, 6.45) is 6.90. The summed E-state index contributed by atoms with van der Waals surface area (Å²) in [5.74, 6) is 0. The minimum Gasteiger partial charge on any atom is -0.350 e. The fraction of sp³-hybridized carbons (Fsp3) is 0.750. The molecule has 1 aromatic rings. The fourth-order valence-corrected chi connectivity index (χ4v) is 2.42. The number of imidazole rings is 1. The number of rotatable bonds is 4. The van der Waals surface area contributed by atoms with Crippen molar-refractivity contribution in [2.45, 2.75) is 31.6 Å². The van der Waals surface area contributed by atoms with E-state index >= 15 is 0 Å². The molecule has 1 atom stereocenters. The predicted octanol–water partition coefficient (Wildman–Crippen LogP) is 1.49. The van der Waals surface area contributed by atoms with Gasteiger partial charge in [-0.3, -0.25) is 0 Å². The topological polar surface area (TPSA) is 48.3 Å². The first-order chi connectivity index (χ1) is 8.36. The quantitative estimate of drug-likeness (QED) is 0.809. The first-order valence-electron chi connectivity index (χ1n) is 6.15. The Morgan fingerprint density at radius 1 is 1.35 bits per heavy atom.